The van der Waals surface area contributed by atoms with E-state index in [2.05, 4.69) is 25.9 Å². The lowest BCUT2D eigenvalue weighted by Gasteiger charge is -2.25. The summed E-state index contributed by atoms with van der Waals surface area (Å²) in [5.41, 5.74) is 3.95. The lowest BCUT2D eigenvalue weighted by atomic mass is 9.84. The fourth-order valence-electron chi connectivity index (χ4n) is 4.17. The van der Waals surface area contributed by atoms with E-state index in [1.807, 2.05) is 61.7 Å². The van der Waals surface area contributed by atoms with Crippen LogP contribution in [0.3, 0.4) is 0 Å². The molecule has 222 valence electrons. The van der Waals surface area contributed by atoms with Gasteiger partial charge >= 0.3 is 6.09 Å². The highest BCUT2D eigenvalue weighted by Gasteiger charge is 2.22. The number of benzene rings is 2. The summed E-state index contributed by atoms with van der Waals surface area (Å²) in [5.74, 6) is -0.421. The number of nitrogens with one attached hydrogen (secondary N) is 3. The second kappa shape index (κ2) is 13.3. The zero-order chi connectivity index (χ0) is 31.1. The Balaban J connectivity index is 1.37. The van der Waals surface area contributed by atoms with Crippen LogP contribution in [0.2, 0.25) is 0 Å². The minimum Gasteiger partial charge on any atom is -0.465 e. The van der Waals surface area contributed by atoms with Crippen LogP contribution < -0.4 is 20.9 Å². The van der Waals surface area contributed by atoms with E-state index in [1.165, 1.54) is 23.2 Å². The van der Waals surface area contributed by atoms with Gasteiger partial charge in [-0.15, -0.1) is 11.3 Å². The number of rotatable bonds is 10. The van der Waals surface area contributed by atoms with Gasteiger partial charge in [-0.1, -0.05) is 44.2 Å². The van der Waals surface area contributed by atoms with Gasteiger partial charge in [0, 0.05) is 48.6 Å². The third-order valence-electron chi connectivity index (χ3n) is 6.80. The molecule has 0 aliphatic heterocycles. The number of thiazole rings is 1. The van der Waals surface area contributed by atoms with Gasteiger partial charge in [0.15, 0.2) is 5.13 Å². The number of nitrogens with zero attached hydrogens (tertiary/aromatic N) is 3. The Morgan fingerprint density at radius 3 is 2.42 bits per heavy atom. The fourth-order valence-corrected chi connectivity index (χ4v) is 4.91. The van der Waals surface area contributed by atoms with E-state index in [0.717, 1.165) is 22.3 Å². The summed E-state index contributed by atoms with van der Waals surface area (Å²) >= 11 is 1.27. The summed E-state index contributed by atoms with van der Waals surface area (Å²) in [6.45, 7) is 5.15. The van der Waals surface area contributed by atoms with Gasteiger partial charge in [-0.25, -0.2) is 14.8 Å². The number of carboxylic acid groups (broad SMARTS) is 1. The minimum absolute atomic E-state index is 0.115. The predicted molar refractivity (Wildman–Crippen MR) is 166 cm³/mol. The van der Waals surface area contributed by atoms with Crippen molar-refractivity contribution in [2.24, 2.45) is 0 Å². The number of aromatic nitrogens is 2. The first-order chi connectivity index (χ1) is 20.4. The molecule has 0 radical (unpaired) electrons. The van der Waals surface area contributed by atoms with Crippen molar-refractivity contribution in [2.75, 3.05) is 30.4 Å². The van der Waals surface area contributed by atoms with Gasteiger partial charge in [-0.05, 0) is 47.0 Å². The smallest absolute Gasteiger partial charge is 0.404 e. The average Bonchev–Trinajstić information content (AvgIpc) is 3.47. The normalized spacial score (nSPS) is 11.0. The summed E-state index contributed by atoms with van der Waals surface area (Å²) < 4.78 is 0. The van der Waals surface area contributed by atoms with Crippen LogP contribution in [0.5, 0.6) is 0 Å². The van der Waals surface area contributed by atoms with Crippen molar-refractivity contribution in [3.05, 3.63) is 83.4 Å². The maximum absolute atomic E-state index is 12.7. The fraction of sp³-hybridized carbons (Fsp3) is 0.226. The molecule has 0 fully saturated rings. The number of amides is 4. The molecule has 0 saturated heterocycles. The lowest BCUT2D eigenvalue weighted by Crippen LogP contribution is -2.36. The van der Waals surface area contributed by atoms with Gasteiger partial charge < -0.3 is 26.0 Å². The Hall–Kier alpha value is -5.10. The molecule has 0 bridgehead atoms. The molecular weight excluding hydrogens is 568 g/mol. The van der Waals surface area contributed by atoms with Gasteiger partial charge in [-0.2, -0.15) is 0 Å². The molecule has 0 aliphatic carbocycles. The van der Waals surface area contributed by atoms with E-state index < -0.39 is 23.3 Å². The van der Waals surface area contributed by atoms with Gasteiger partial charge in [0.2, 0.25) is 11.8 Å². The lowest BCUT2D eigenvalue weighted by molar-refractivity contribution is -0.116. The summed E-state index contributed by atoms with van der Waals surface area (Å²) in [4.78, 5) is 58.2. The molecule has 43 heavy (non-hydrogen) atoms. The standard InChI is InChI=1S/C31H32N6O5S/c1-19(38)37(4)26-15-21(11-12-32-26)20-7-5-8-22(13-20)25-17-43-29(35-25)36-27(39)16-33-28(40)23-9-6-10-24(14-23)31(2,3)18-34-30(41)42/h5-15,17,34H,16,18H2,1-4H3,(H,33,40)(H,41,42)(H,35,36,39). The molecule has 4 rings (SSSR count). The minimum atomic E-state index is -1.12. The first-order valence-corrected chi connectivity index (χ1v) is 14.2. The highest BCUT2D eigenvalue weighted by molar-refractivity contribution is 7.14. The molecule has 2 aromatic carbocycles. The Bertz CT molecular complexity index is 1670. The second-order valence-electron chi connectivity index (χ2n) is 10.5. The van der Waals surface area contributed by atoms with Crippen LogP contribution in [0, 0.1) is 0 Å². The topological polar surface area (TPSA) is 154 Å². The first kappa shape index (κ1) is 30.8. The van der Waals surface area contributed by atoms with Gasteiger partial charge in [0.25, 0.3) is 5.91 Å². The van der Waals surface area contributed by atoms with Crippen molar-refractivity contribution < 1.29 is 24.3 Å². The zero-order valence-corrected chi connectivity index (χ0v) is 25.0. The SMILES string of the molecule is CC(=O)N(C)c1cc(-c2cccc(-c3csc(NC(=O)CNC(=O)c4cccc(C(C)(C)CNC(=O)O)c4)n3)c2)ccn1. The van der Waals surface area contributed by atoms with Gasteiger partial charge in [-0.3, -0.25) is 14.4 Å². The molecule has 2 aromatic heterocycles. The van der Waals surface area contributed by atoms with E-state index >= 15 is 0 Å². The largest absolute Gasteiger partial charge is 0.465 e. The summed E-state index contributed by atoms with van der Waals surface area (Å²) in [6, 6.07) is 18.3. The van der Waals surface area contributed by atoms with Crippen molar-refractivity contribution in [3.8, 4) is 22.4 Å². The van der Waals surface area contributed by atoms with Crippen LogP contribution in [0.1, 0.15) is 36.7 Å². The number of pyridine rings is 1. The van der Waals surface area contributed by atoms with E-state index in [0.29, 0.717) is 22.2 Å². The first-order valence-electron chi connectivity index (χ1n) is 13.3. The van der Waals surface area contributed by atoms with Crippen LogP contribution in [0.4, 0.5) is 15.7 Å². The Morgan fingerprint density at radius 1 is 0.953 bits per heavy atom. The van der Waals surface area contributed by atoms with E-state index in [1.54, 1.807) is 31.4 Å². The van der Waals surface area contributed by atoms with Gasteiger partial charge in [0.1, 0.15) is 5.82 Å². The van der Waals surface area contributed by atoms with Crippen LogP contribution >= 0.6 is 11.3 Å². The number of anilines is 2. The van der Waals surface area contributed by atoms with E-state index in [-0.39, 0.29) is 19.0 Å². The summed E-state index contributed by atoms with van der Waals surface area (Å²) in [6.07, 6.45) is 0.538. The summed E-state index contributed by atoms with van der Waals surface area (Å²) in [5, 5.41) is 18.9. The predicted octanol–water partition coefficient (Wildman–Crippen LogP) is 4.77. The third-order valence-corrected chi connectivity index (χ3v) is 7.56. The van der Waals surface area contributed by atoms with E-state index in [4.69, 9.17) is 5.11 Å². The van der Waals surface area contributed by atoms with Crippen LogP contribution in [-0.2, 0) is 15.0 Å². The molecule has 4 N–H and O–H groups in total. The summed E-state index contributed by atoms with van der Waals surface area (Å²) in [7, 11) is 1.67. The number of hydrogen-bond acceptors (Lipinski definition) is 7. The quantitative estimate of drug-likeness (QED) is 0.205. The molecule has 0 saturated carbocycles. The Morgan fingerprint density at radius 2 is 1.67 bits per heavy atom. The number of carbonyl (C=O) groups is 4. The van der Waals surface area contributed by atoms with Gasteiger partial charge in [0.05, 0.1) is 12.2 Å². The highest BCUT2D eigenvalue weighted by atomic mass is 32.1. The average molecular weight is 601 g/mol. The van der Waals surface area contributed by atoms with Crippen molar-refractivity contribution in [3.63, 3.8) is 0 Å². The number of carbonyl (C=O) groups excluding carboxylic acids is 3. The zero-order valence-electron chi connectivity index (χ0n) is 24.2. The molecule has 0 atom stereocenters. The molecule has 0 spiro atoms. The third kappa shape index (κ3) is 8.01. The molecular formula is C31H32N6O5S. The van der Waals surface area contributed by atoms with Crippen molar-refractivity contribution in [2.45, 2.75) is 26.2 Å². The Labute approximate surface area is 253 Å². The molecule has 4 aromatic rings. The highest BCUT2D eigenvalue weighted by Crippen LogP contribution is 2.30. The van der Waals surface area contributed by atoms with Crippen LogP contribution in [0.25, 0.3) is 22.4 Å². The molecule has 12 heteroatoms. The maximum Gasteiger partial charge on any atom is 0.404 e. The monoisotopic (exact) mass is 600 g/mol. The van der Waals surface area contributed by atoms with Crippen molar-refractivity contribution in [1.82, 2.24) is 20.6 Å². The van der Waals surface area contributed by atoms with Crippen LogP contribution in [-0.4, -0.2) is 59.0 Å². The maximum atomic E-state index is 12.7. The molecule has 0 unspecified atom stereocenters. The molecule has 4 amide bonds. The van der Waals surface area contributed by atoms with E-state index in [9.17, 15) is 19.2 Å². The second-order valence-corrected chi connectivity index (χ2v) is 11.3. The molecule has 0 aliphatic rings. The van der Waals surface area contributed by atoms with Crippen LogP contribution in [0.15, 0.2) is 72.2 Å². The molecule has 11 nitrogen and oxygen atoms in total. The Kier molecular flexibility index (Phi) is 9.51. The number of hydrogen-bond donors (Lipinski definition) is 4. The van der Waals surface area contributed by atoms with Crippen molar-refractivity contribution >= 4 is 46.1 Å². The van der Waals surface area contributed by atoms with Crippen molar-refractivity contribution in [1.29, 1.82) is 0 Å². The molecule has 2 heterocycles.